The lowest BCUT2D eigenvalue weighted by molar-refractivity contribution is -0.122. The van der Waals surface area contributed by atoms with Gasteiger partial charge in [0, 0.05) is 12.3 Å². The molecule has 0 aromatic heterocycles. The Labute approximate surface area is 74.5 Å². The minimum atomic E-state index is 0.417. The monoisotopic (exact) mass is 166 g/mol. The first-order valence-corrected chi connectivity index (χ1v) is 5.05. The Balaban J connectivity index is 2.29. The number of carbonyl (C=O) groups is 1. The maximum absolute atomic E-state index is 11.6. The van der Waals surface area contributed by atoms with E-state index >= 15 is 0 Å². The summed E-state index contributed by atoms with van der Waals surface area (Å²) in [5, 5.41) is 0. The van der Waals surface area contributed by atoms with Gasteiger partial charge in [0.05, 0.1) is 0 Å². The van der Waals surface area contributed by atoms with Crippen LogP contribution in [0.25, 0.3) is 0 Å². The van der Waals surface area contributed by atoms with Crippen molar-refractivity contribution in [2.24, 2.45) is 23.2 Å². The molecule has 0 bridgehead atoms. The molecule has 3 atom stereocenters. The predicted octanol–water partition coefficient (Wildman–Crippen LogP) is 2.65. The molecule has 2 fully saturated rings. The summed E-state index contributed by atoms with van der Waals surface area (Å²) >= 11 is 0. The van der Waals surface area contributed by atoms with E-state index in [0.717, 1.165) is 12.8 Å². The number of Topliss-reactive ketones (excluding diaryl/α,β-unsaturated/α-hetero) is 1. The van der Waals surface area contributed by atoms with Gasteiger partial charge in [0.15, 0.2) is 0 Å². The summed E-state index contributed by atoms with van der Waals surface area (Å²) in [5.74, 6) is 2.29. The van der Waals surface area contributed by atoms with E-state index in [-0.39, 0.29) is 0 Å². The Morgan fingerprint density at radius 3 is 2.67 bits per heavy atom. The topological polar surface area (TPSA) is 17.1 Å². The van der Waals surface area contributed by atoms with Crippen LogP contribution in [0.4, 0.5) is 0 Å². The summed E-state index contributed by atoms with van der Waals surface area (Å²) in [4.78, 5) is 11.6. The Bertz CT molecular complexity index is 217. The molecular weight excluding hydrogens is 148 g/mol. The van der Waals surface area contributed by atoms with Crippen LogP contribution < -0.4 is 0 Å². The quantitative estimate of drug-likeness (QED) is 0.540. The van der Waals surface area contributed by atoms with Crippen LogP contribution in [0.1, 0.15) is 40.0 Å². The second-order valence-electron chi connectivity index (χ2n) is 5.31. The summed E-state index contributed by atoms with van der Waals surface area (Å²) in [7, 11) is 0. The fourth-order valence-corrected chi connectivity index (χ4v) is 3.57. The van der Waals surface area contributed by atoms with Crippen molar-refractivity contribution in [2.45, 2.75) is 40.0 Å². The van der Waals surface area contributed by atoms with E-state index in [2.05, 4.69) is 20.8 Å². The molecule has 0 N–H and O–H groups in total. The fraction of sp³-hybridized carbons (Fsp3) is 0.909. The SMILES string of the molecule is CC1CC(C)(C)C2CCC(=O)C12. The summed E-state index contributed by atoms with van der Waals surface area (Å²) in [6.07, 6.45) is 3.25. The average molecular weight is 166 g/mol. The van der Waals surface area contributed by atoms with Gasteiger partial charge in [0.25, 0.3) is 0 Å². The third-order valence-corrected chi connectivity index (χ3v) is 3.97. The molecule has 3 unspecified atom stereocenters. The van der Waals surface area contributed by atoms with Crippen LogP contribution in [-0.4, -0.2) is 5.78 Å². The maximum Gasteiger partial charge on any atom is 0.136 e. The predicted molar refractivity (Wildman–Crippen MR) is 48.8 cm³/mol. The van der Waals surface area contributed by atoms with Crippen LogP contribution in [0.3, 0.4) is 0 Å². The molecule has 0 spiro atoms. The van der Waals surface area contributed by atoms with E-state index in [1.54, 1.807) is 0 Å². The lowest BCUT2D eigenvalue weighted by Crippen LogP contribution is -2.20. The van der Waals surface area contributed by atoms with Crippen molar-refractivity contribution in [2.75, 3.05) is 0 Å². The number of carbonyl (C=O) groups excluding carboxylic acids is 1. The standard InChI is InChI=1S/C11H18O/c1-7-6-11(2,3)8-4-5-9(12)10(7)8/h7-8,10H,4-6H2,1-3H3. The summed E-state index contributed by atoms with van der Waals surface area (Å²) in [6.45, 7) is 6.90. The van der Waals surface area contributed by atoms with E-state index in [1.807, 2.05) is 0 Å². The smallest absolute Gasteiger partial charge is 0.136 e. The zero-order chi connectivity index (χ0) is 8.93. The van der Waals surface area contributed by atoms with Gasteiger partial charge in [0.1, 0.15) is 5.78 Å². The second-order valence-corrected chi connectivity index (χ2v) is 5.31. The molecule has 2 rings (SSSR count). The molecule has 1 nitrogen and oxygen atoms in total. The zero-order valence-corrected chi connectivity index (χ0v) is 8.26. The maximum atomic E-state index is 11.6. The molecule has 0 aromatic rings. The zero-order valence-electron chi connectivity index (χ0n) is 8.26. The van der Waals surface area contributed by atoms with Crippen LogP contribution in [0.5, 0.6) is 0 Å². The van der Waals surface area contributed by atoms with Crippen molar-refractivity contribution < 1.29 is 4.79 Å². The molecule has 2 aliphatic rings. The number of hydrogen-bond acceptors (Lipinski definition) is 1. The van der Waals surface area contributed by atoms with Crippen molar-refractivity contribution >= 4 is 5.78 Å². The van der Waals surface area contributed by atoms with Crippen LogP contribution in [-0.2, 0) is 4.79 Å². The molecule has 0 heterocycles. The molecule has 2 aliphatic carbocycles. The molecule has 1 heteroatoms. The van der Waals surface area contributed by atoms with Gasteiger partial charge in [-0.1, -0.05) is 20.8 Å². The highest BCUT2D eigenvalue weighted by molar-refractivity contribution is 5.84. The van der Waals surface area contributed by atoms with Gasteiger partial charge in [0.2, 0.25) is 0 Å². The number of hydrogen-bond donors (Lipinski definition) is 0. The first kappa shape index (κ1) is 8.28. The van der Waals surface area contributed by atoms with Gasteiger partial charge in [-0.15, -0.1) is 0 Å². The van der Waals surface area contributed by atoms with Gasteiger partial charge in [-0.25, -0.2) is 0 Å². The minimum absolute atomic E-state index is 0.417. The van der Waals surface area contributed by atoms with Crippen molar-refractivity contribution in [1.29, 1.82) is 0 Å². The number of ketones is 1. The summed E-state index contributed by atoms with van der Waals surface area (Å²) in [6, 6.07) is 0. The Kier molecular flexibility index (Phi) is 1.61. The fourth-order valence-electron chi connectivity index (χ4n) is 3.57. The third-order valence-electron chi connectivity index (χ3n) is 3.97. The molecule has 2 saturated carbocycles. The number of fused-ring (bicyclic) bond motifs is 1. The molecule has 12 heavy (non-hydrogen) atoms. The van der Waals surface area contributed by atoms with Gasteiger partial charge in [-0.05, 0) is 30.1 Å². The molecule has 0 saturated heterocycles. The van der Waals surface area contributed by atoms with Gasteiger partial charge in [-0.3, -0.25) is 4.79 Å². The normalized spacial score (nSPS) is 44.9. The van der Waals surface area contributed by atoms with Crippen molar-refractivity contribution in [1.82, 2.24) is 0 Å². The summed E-state index contributed by atoms with van der Waals surface area (Å²) < 4.78 is 0. The van der Waals surface area contributed by atoms with E-state index in [4.69, 9.17) is 0 Å². The Hall–Kier alpha value is -0.330. The van der Waals surface area contributed by atoms with E-state index < -0.39 is 0 Å². The molecule has 0 aromatic carbocycles. The van der Waals surface area contributed by atoms with Crippen LogP contribution in [0, 0.1) is 23.2 Å². The van der Waals surface area contributed by atoms with Crippen molar-refractivity contribution in [3.8, 4) is 0 Å². The highest BCUT2D eigenvalue weighted by Gasteiger charge is 2.51. The first-order valence-electron chi connectivity index (χ1n) is 5.05. The lowest BCUT2D eigenvalue weighted by atomic mass is 9.80. The first-order chi connectivity index (χ1) is 5.52. The average Bonchev–Trinajstić information content (AvgIpc) is 2.38. The molecular formula is C11H18O. The molecule has 68 valence electrons. The van der Waals surface area contributed by atoms with Crippen molar-refractivity contribution in [3.63, 3.8) is 0 Å². The molecule has 0 amide bonds. The molecule has 0 aliphatic heterocycles. The van der Waals surface area contributed by atoms with Gasteiger partial charge >= 0.3 is 0 Å². The Morgan fingerprint density at radius 1 is 1.42 bits per heavy atom. The largest absolute Gasteiger partial charge is 0.299 e. The lowest BCUT2D eigenvalue weighted by Gasteiger charge is -2.25. The third kappa shape index (κ3) is 0.949. The van der Waals surface area contributed by atoms with Gasteiger partial charge in [-0.2, -0.15) is 0 Å². The highest BCUT2D eigenvalue weighted by Crippen LogP contribution is 2.55. The van der Waals surface area contributed by atoms with Gasteiger partial charge < -0.3 is 0 Å². The Morgan fingerprint density at radius 2 is 2.08 bits per heavy atom. The minimum Gasteiger partial charge on any atom is -0.299 e. The summed E-state index contributed by atoms with van der Waals surface area (Å²) in [5.41, 5.74) is 0.427. The number of rotatable bonds is 0. The molecule has 0 radical (unpaired) electrons. The van der Waals surface area contributed by atoms with Crippen molar-refractivity contribution in [3.05, 3.63) is 0 Å². The van der Waals surface area contributed by atoms with E-state index in [9.17, 15) is 4.79 Å². The van der Waals surface area contributed by atoms with Crippen LogP contribution in [0.2, 0.25) is 0 Å². The van der Waals surface area contributed by atoms with E-state index in [1.165, 1.54) is 6.42 Å². The second kappa shape index (κ2) is 2.34. The van der Waals surface area contributed by atoms with Crippen LogP contribution in [0.15, 0.2) is 0 Å². The van der Waals surface area contributed by atoms with Crippen LogP contribution >= 0.6 is 0 Å². The highest BCUT2D eigenvalue weighted by atomic mass is 16.1. The van der Waals surface area contributed by atoms with E-state index in [0.29, 0.717) is 29.0 Å².